The molecule has 0 radical (unpaired) electrons. The lowest BCUT2D eigenvalue weighted by Crippen LogP contribution is -2.62. The largest absolute Gasteiger partial charge is 0.521 e. The number of ether oxygens (including phenoxy) is 1. The lowest BCUT2D eigenvalue weighted by Gasteiger charge is -2.33. The fraction of sp³-hybridized carbons (Fsp3) is 0.500. The van der Waals surface area contributed by atoms with Gasteiger partial charge in [0.05, 0.1) is 12.6 Å². The molecule has 1 aromatic carbocycles. The number of hydrogen-bond acceptors (Lipinski definition) is 5. The van der Waals surface area contributed by atoms with Crippen molar-refractivity contribution in [2.24, 2.45) is 0 Å². The van der Waals surface area contributed by atoms with E-state index in [-0.39, 0.29) is 17.7 Å². The number of methoxy groups -OCH3 is 1. The maximum Gasteiger partial charge on any atom is 0.521 e. The second-order valence-corrected chi connectivity index (χ2v) is 7.45. The van der Waals surface area contributed by atoms with Crippen molar-refractivity contribution in [3.8, 4) is 0 Å². The van der Waals surface area contributed by atoms with E-state index in [9.17, 15) is 19.5 Å². The third-order valence-electron chi connectivity index (χ3n) is 4.90. The molecule has 136 valence electrons. The van der Waals surface area contributed by atoms with Gasteiger partial charge in [-0.2, -0.15) is 9.28 Å². The van der Waals surface area contributed by atoms with Crippen LogP contribution in [0.1, 0.15) is 37.0 Å². The SMILES string of the molecule is COC(C)C(SC(=O)c1ccccc1)C(=O)[N+]1(C(=O)O)CCC[C@H]1C. The van der Waals surface area contributed by atoms with Crippen LogP contribution in [0.3, 0.4) is 0 Å². The van der Waals surface area contributed by atoms with Crippen LogP contribution in [0.2, 0.25) is 0 Å². The van der Waals surface area contributed by atoms with Crippen molar-refractivity contribution in [3.63, 3.8) is 0 Å². The zero-order valence-electron chi connectivity index (χ0n) is 14.7. The van der Waals surface area contributed by atoms with E-state index < -0.39 is 27.8 Å². The van der Waals surface area contributed by atoms with Gasteiger partial charge >= 0.3 is 12.0 Å². The van der Waals surface area contributed by atoms with Crippen LogP contribution >= 0.6 is 11.8 Å². The minimum Gasteiger partial charge on any atom is -0.435 e. The van der Waals surface area contributed by atoms with Crippen molar-refractivity contribution in [2.45, 2.75) is 44.1 Å². The van der Waals surface area contributed by atoms with Crippen molar-refractivity contribution >= 4 is 28.9 Å². The Morgan fingerprint density at radius 2 is 1.92 bits per heavy atom. The highest BCUT2D eigenvalue weighted by Crippen LogP contribution is 2.34. The van der Waals surface area contributed by atoms with Gasteiger partial charge in [-0.05, 0) is 13.8 Å². The minimum atomic E-state index is -1.16. The molecule has 1 aliphatic heterocycles. The highest BCUT2D eigenvalue weighted by molar-refractivity contribution is 8.15. The summed E-state index contributed by atoms with van der Waals surface area (Å²) in [4.78, 5) is 37.7. The monoisotopic (exact) mass is 366 g/mol. The average Bonchev–Trinajstić information content (AvgIpc) is 3.01. The van der Waals surface area contributed by atoms with E-state index in [1.54, 1.807) is 44.2 Å². The highest BCUT2D eigenvalue weighted by Gasteiger charge is 2.56. The van der Waals surface area contributed by atoms with Crippen molar-refractivity contribution in [3.05, 3.63) is 35.9 Å². The molecule has 0 aromatic heterocycles. The second kappa shape index (κ2) is 8.12. The molecule has 1 N–H and O–H groups in total. The first-order valence-corrected chi connectivity index (χ1v) is 9.17. The van der Waals surface area contributed by atoms with Gasteiger partial charge in [-0.3, -0.25) is 4.79 Å². The number of carboxylic acid groups (broad SMARTS) is 1. The molecule has 4 atom stereocenters. The van der Waals surface area contributed by atoms with Gasteiger partial charge in [-0.15, -0.1) is 0 Å². The molecule has 1 heterocycles. The molecule has 1 saturated heterocycles. The molecule has 2 rings (SSSR count). The molecular weight excluding hydrogens is 342 g/mol. The molecule has 7 heteroatoms. The molecule has 0 aliphatic carbocycles. The third kappa shape index (κ3) is 3.78. The van der Waals surface area contributed by atoms with Crippen molar-refractivity contribution in [1.82, 2.24) is 0 Å². The predicted octanol–water partition coefficient (Wildman–Crippen LogP) is 3.17. The Morgan fingerprint density at radius 3 is 2.40 bits per heavy atom. The van der Waals surface area contributed by atoms with Crippen LogP contribution in [-0.2, 0) is 9.53 Å². The Labute approximate surface area is 151 Å². The second-order valence-electron chi connectivity index (χ2n) is 6.34. The summed E-state index contributed by atoms with van der Waals surface area (Å²) in [5.41, 5.74) is 0.477. The Balaban J connectivity index is 2.32. The third-order valence-corrected chi connectivity index (χ3v) is 6.19. The standard InChI is InChI=1S/C18H23NO5S/c1-12-8-7-11-19(12,18(22)23)16(20)15(13(2)24-3)25-17(21)14-9-5-4-6-10-14/h4-6,9-10,12-13,15H,7-8,11H2,1-3H3/p+1/t12-,13?,15?,19?/m1/s1. The molecular formula is C18H24NO5S+. The number of nitrogens with zero attached hydrogens (tertiary/aromatic N) is 1. The molecule has 1 aromatic rings. The molecule has 2 amide bonds. The van der Waals surface area contributed by atoms with E-state index in [1.165, 1.54) is 7.11 Å². The first-order valence-electron chi connectivity index (χ1n) is 8.29. The number of likely N-dealkylation sites (tertiary alicyclic amines) is 1. The number of amides is 2. The molecule has 6 nitrogen and oxygen atoms in total. The zero-order chi connectivity index (χ0) is 18.6. The zero-order valence-corrected chi connectivity index (χ0v) is 15.5. The summed E-state index contributed by atoms with van der Waals surface area (Å²) < 4.78 is 4.66. The summed E-state index contributed by atoms with van der Waals surface area (Å²) in [6, 6.07) is 8.33. The van der Waals surface area contributed by atoms with Gasteiger partial charge in [0.2, 0.25) is 5.12 Å². The normalized spacial score (nSPS) is 25.3. The number of rotatable bonds is 5. The first kappa shape index (κ1) is 19.6. The molecule has 0 saturated carbocycles. The summed E-state index contributed by atoms with van der Waals surface area (Å²) >= 11 is 0.851. The number of imide groups is 1. The number of quaternary nitrogens is 1. The van der Waals surface area contributed by atoms with E-state index in [1.807, 2.05) is 0 Å². The van der Waals surface area contributed by atoms with Gasteiger partial charge in [-0.25, -0.2) is 4.79 Å². The maximum absolute atomic E-state index is 13.2. The fourth-order valence-electron chi connectivity index (χ4n) is 3.24. The van der Waals surface area contributed by atoms with E-state index in [0.717, 1.165) is 11.8 Å². The summed E-state index contributed by atoms with van der Waals surface area (Å²) in [6.45, 7) is 3.71. The maximum atomic E-state index is 13.2. The van der Waals surface area contributed by atoms with Crippen molar-refractivity contribution in [2.75, 3.05) is 13.7 Å². The van der Waals surface area contributed by atoms with E-state index in [2.05, 4.69) is 0 Å². The predicted molar refractivity (Wildman–Crippen MR) is 95.5 cm³/mol. The fourth-order valence-corrected chi connectivity index (χ4v) is 4.33. The number of thioether (sulfide) groups is 1. The molecule has 1 aliphatic rings. The Hall–Kier alpha value is -1.70. The lowest BCUT2D eigenvalue weighted by molar-refractivity contribution is -0.792. The van der Waals surface area contributed by atoms with Crippen molar-refractivity contribution in [1.29, 1.82) is 0 Å². The van der Waals surface area contributed by atoms with Crippen LogP contribution in [-0.4, -0.2) is 57.8 Å². The van der Waals surface area contributed by atoms with E-state index in [4.69, 9.17) is 4.74 Å². The van der Waals surface area contributed by atoms with Crippen LogP contribution < -0.4 is 0 Å². The van der Waals surface area contributed by atoms with Gasteiger partial charge in [-0.1, -0.05) is 42.1 Å². The Bertz CT molecular complexity index is 650. The highest BCUT2D eigenvalue weighted by atomic mass is 32.2. The minimum absolute atomic E-state index is 0.252. The van der Waals surface area contributed by atoms with Gasteiger partial charge in [0.1, 0.15) is 6.04 Å². The summed E-state index contributed by atoms with van der Waals surface area (Å²) in [6.07, 6.45) is -0.392. The van der Waals surface area contributed by atoms with E-state index >= 15 is 0 Å². The van der Waals surface area contributed by atoms with Gasteiger partial charge in [0, 0.05) is 25.5 Å². The van der Waals surface area contributed by atoms with Crippen LogP contribution in [0.5, 0.6) is 0 Å². The number of hydrogen-bond donors (Lipinski definition) is 1. The van der Waals surface area contributed by atoms with Gasteiger partial charge in [0.15, 0.2) is 5.25 Å². The lowest BCUT2D eigenvalue weighted by atomic mass is 10.1. The average molecular weight is 366 g/mol. The van der Waals surface area contributed by atoms with E-state index in [0.29, 0.717) is 18.4 Å². The Morgan fingerprint density at radius 1 is 1.28 bits per heavy atom. The molecule has 0 spiro atoms. The number of carbonyl (C=O) groups is 3. The smallest absolute Gasteiger partial charge is 0.435 e. The number of carbonyl (C=O) groups excluding carboxylic acids is 2. The molecule has 1 fully saturated rings. The summed E-state index contributed by atoms with van der Waals surface area (Å²) in [5.74, 6) is -0.471. The van der Waals surface area contributed by atoms with Crippen LogP contribution in [0, 0.1) is 0 Å². The van der Waals surface area contributed by atoms with Crippen LogP contribution in [0.25, 0.3) is 0 Å². The van der Waals surface area contributed by atoms with Crippen LogP contribution in [0.4, 0.5) is 4.79 Å². The van der Waals surface area contributed by atoms with Crippen LogP contribution in [0.15, 0.2) is 30.3 Å². The summed E-state index contributed by atoms with van der Waals surface area (Å²) in [7, 11) is 1.46. The Kier molecular flexibility index (Phi) is 6.37. The number of benzene rings is 1. The molecule has 25 heavy (non-hydrogen) atoms. The molecule has 0 bridgehead atoms. The van der Waals surface area contributed by atoms with Gasteiger partial charge < -0.3 is 9.84 Å². The van der Waals surface area contributed by atoms with Gasteiger partial charge in [0.25, 0.3) is 0 Å². The van der Waals surface area contributed by atoms with Crippen molar-refractivity contribution < 1.29 is 28.7 Å². The summed E-state index contributed by atoms with van der Waals surface area (Å²) in [5, 5.41) is 8.63. The first-order chi connectivity index (χ1) is 11.8. The topological polar surface area (TPSA) is 80.7 Å². The molecule has 3 unspecified atom stereocenters. The quantitative estimate of drug-likeness (QED) is 0.806.